The summed E-state index contributed by atoms with van der Waals surface area (Å²) in [6.45, 7) is 13.1. The molecule has 2 rings (SSSR count). The minimum atomic E-state index is -1.88. The Bertz CT molecular complexity index is 512. The lowest BCUT2D eigenvalue weighted by Gasteiger charge is -2.42. The summed E-state index contributed by atoms with van der Waals surface area (Å²) >= 11 is 0. The van der Waals surface area contributed by atoms with Gasteiger partial charge in [-0.2, -0.15) is 0 Å². The first-order chi connectivity index (χ1) is 11.1. The molecule has 1 fully saturated rings. The van der Waals surface area contributed by atoms with Gasteiger partial charge in [-0.3, -0.25) is 0 Å². The SMILES string of the molecule is C[C@@H](O[C@@H]1C[C@@H](O[Si](C)(C)C(C)(C)C)C[C@@H](O)O1)c1ccccc1. The van der Waals surface area contributed by atoms with E-state index in [0.29, 0.717) is 12.8 Å². The Balaban J connectivity index is 1.98. The molecular weight excluding hydrogens is 320 g/mol. The highest BCUT2D eigenvalue weighted by Crippen LogP contribution is 2.39. The summed E-state index contributed by atoms with van der Waals surface area (Å²) in [6.07, 6.45) is -0.231. The van der Waals surface area contributed by atoms with Crippen molar-refractivity contribution in [2.75, 3.05) is 0 Å². The van der Waals surface area contributed by atoms with Crippen LogP contribution in [0.2, 0.25) is 18.1 Å². The maximum absolute atomic E-state index is 10.1. The van der Waals surface area contributed by atoms with E-state index in [-0.39, 0.29) is 17.2 Å². The summed E-state index contributed by atoms with van der Waals surface area (Å²) in [5, 5.41) is 10.2. The number of hydrogen-bond acceptors (Lipinski definition) is 4. The first-order valence-electron chi connectivity index (χ1n) is 8.80. The Morgan fingerprint density at radius 3 is 2.38 bits per heavy atom. The van der Waals surface area contributed by atoms with Crippen LogP contribution in [-0.4, -0.2) is 32.1 Å². The van der Waals surface area contributed by atoms with Crippen LogP contribution in [-0.2, 0) is 13.9 Å². The maximum Gasteiger partial charge on any atom is 0.192 e. The molecular formula is C19H32O4Si. The molecule has 0 aliphatic carbocycles. The number of aliphatic hydroxyl groups is 1. The van der Waals surface area contributed by atoms with Crippen molar-refractivity contribution >= 4 is 8.32 Å². The third-order valence-electron chi connectivity index (χ3n) is 5.12. The molecule has 5 heteroatoms. The molecule has 1 N–H and O–H groups in total. The number of ether oxygens (including phenoxy) is 2. The Morgan fingerprint density at radius 1 is 1.17 bits per heavy atom. The van der Waals surface area contributed by atoms with E-state index in [1.807, 2.05) is 37.3 Å². The van der Waals surface area contributed by atoms with Gasteiger partial charge in [0.2, 0.25) is 0 Å². The van der Waals surface area contributed by atoms with E-state index in [4.69, 9.17) is 13.9 Å². The van der Waals surface area contributed by atoms with Crippen LogP contribution in [0.15, 0.2) is 30.3 Å². The van der Waals surface area contributed by atoms with E-state index in [2.05, 4.69) is 33.9 Å². The second kappa shape index (κ2) is 7.66. The largest absolute Gasteiger partial charge is 0.414 e. The zero-order valence-electron chi connectivity index (χ0n) is 15.8. The molecule has 1 aliphatic rings. The first-order valence-corrected chi connectivity index (χ1v) is 11.7. The van der Waals surface area contributed by atoms with Crippen molar-refractivity contribution in [1.82, 2.24) is 0 Å². The molecule has 0 unspecified atom stereocenters. The van der Waals surface area contributed by atoms with Gasteiger partial charge >= 0.3 is 0 Å². The molecule has 0 spiro atoms. The minimum Gasteiger partial charge on any atom is -0.414 e. The molecule has 1 aliphatic heterocycles. The van der Waals surface area contributed by atoms with Gasteiger partial charge < -0.3 is 19.0 Å². The molecule has 0 bridgehead atoms. The van der Waals surface area contributed by atoms with Gasteiger partial charge in [0.05, 0.1) is 12.2 Å². The molecule has 0 radical (unpaired) electrons. The van der Waals surface area contributed by atoms with Gasteiger partial charge in [-0.25, -0.2) is 0 Å². The third-order valence-corrected chi connectivity index (χ3v) is 9.66. The molecule has 24 heavy (non-hydrogen) atoms. The summed E-state index contributed by atoms with van der Waals surface area (Å²) in [6, 6.07) is 10.0. The zero-order chi connectivity index (χ0) is 18.0. The van der Waals surface area contributed by atoms with Crippen molar-refractivity contribution in [2.24, 2.45) is 0 Å². The van der Waals surface area contributed by atoms with Gasteiger partial charge in [0.25, 0.3) is 0 Å². The standard InChI is InChI=1S/C19H32O4Si/c1-14(15-10-8-7-9-11-15)21-18-13-16(12-17(20)22-18)23-24(5,6)19(2,3)4/h7-11,14,16-18,20H,12-13H2,1-6H3/t14-,16+,17+,18+/m1/s1. The lowest BCUT2D eigenvalue weighted by Crippen LogP contribution is -2.48. The Kier molecular flexibility index (Phi) is 6.26. The highest BCUT2D eigenvalue weighted by molar-refractivity contribution is 6.74. The van der Waals surface area contributed by atoms with Crippen LogP contribution in [0.3, 0.4) is 0 Å². The average Bonchev–Trinajstić information content (AvgIpc) is 2.45. The van der Waals surface area contributed by atoms with Crippen LogP contribution in [0.5, 0.6) is 0 Å². The summed E-state index contributed by atoms with van der Waals surface area (Å²) < 4.78 is 18.1. The van der Waals surface area contributed by atoms with Crippen molar-refractivity contribution in [1.29, 1.82) is 0 Å². The molecule has 136 valence electrons. The monoisotopic (exact) mass is 352 g/mol. The fraction of sp³-hybridized carbons (Fsp3) is 0.684. The molecule has 1 aromatic carbocycles. The van der Waals surface area contributed by atoms with Crippen molar-refractivity contribution in [3.05, 3.63) is 35.9 Å². The first kappa shape index (κ1) is 19.6. The zero-order valence-corrected chi connectivity index (χ0v) is 16.8. The topological polar surface area (TPSA) is 47.9 Å². The lowest BCUT2D eigenvalue weighted by molar-refractivity contribution is -0.279. The van der Waals surface area contributed by atoms with E-state index in [0.717, 1.165) is 5.56 Å². The second-order valence-corrected chi connectivity index (χ2v) is 12.9. The van der Waals surface area contributed by atoms with Crippen LogP contribution in [0.4, 0.5) is 0 Å². The van der Waals surface area contributed by atoms with Gasteiger partial charge in [-0.15, -0.1) is 0 Å². The van der Waals surface area contributed by atoms with E-state index >= 15 is 0 Å². The Labute approximate surface area is 147 Å². The molecule has 0 saturated carbocycles. The number of hydrogen-bond donors (Lipinski definition) is 1. The molecule has 1 heterocycles. The Hall–Kier alpha value is -0.723. The highest BCUT2D eigenvalue weighted by atomic mass is 28.4. The average molecular weight is 353 g/mol. The summed E-state index contributed by atoms with van der Waals surface area (Å²) in [5.41, 5.74) is 1.10. The summed E-state index contributed by atoms with van der Waals surface area (Å²) in [7, 11) is -1.88. The van der Waals surface area contributed by atoms with Crippen molar-refractivity contribution in [3.8, 4) is 0 Å². The van der Waals surface area contributed by atoms with Crippen molar-refractivity contribution in [3.63, 3.8) is 0 Å². The van der Waals surface area contributed by atoms with Crippen LogP contribution >= 0.6 is 0 Å². The molecule has 4 nitrogen and oxygen atoms in total. The molecule has 1 aromatic rings. The van der Waals surface area contributed by atoms with E-state index in [9.17, 15) is 5.11 Å². The van der Waals surface area contributed by atoms with E-state index < -0.39 is 20.9 Å². The predicted molar refractivity (Wildman–Crippen MR) is 98.1 cm³/mol. The molecule has 4 atom stereocenters. The second-order valence-electron chi connectivity index (χ2n) is 8.18. The van der Waals surface area contributed by atoms with Gasteiger partial charge in [0, 0.05) is 12.8 Å². The van der Waals surface area contributed by atoms with Crippen LogP contribution in [0.1, 0.15) is 52.2 Å². The van der Waals surface area contributed by atoms with E-state index in [1.165, 1.54) is 0 Å². The van der Waals surface area contributed by atoms with Crippen molar-refractivity contribution < 1.29 is 19.0 Å². The normalized spacial score (nSPS) is 27.0. The summed E-state index contributed by atoms with van der Waals surface area (Å²) in [4.78, 5) is 0. The van der Waals surface area contributed by atoms with E-state index in [1.54, 1.807) is 0 Å². The maximum atomic E-state index is 10.1. The number of rotatable bonds is 5. The van der Waals surface area contributed by atoms with Crippen molar-refractivity contribution in [2.45, 2.75) is 83.5 Å². The number of aliphatic hydroxyl groups excluding tert-OH is 1. The minimum absolute atomic E-state index is 0.0254. The predicted octanol–water partition coefficient (Wildman–Crippen LogP) is 4.61. The van der Waals surface area contributed by atoms with Gasteiger partial charge in [-0.1, -0.05) is 51.1 Å². The fourth-order valence-electron chi connectivity index (χ4n) is 2.63. The Morgan fingerprint density at radius 2 is 1.79 bits per heavy atom. The number of benzene rings is 1. The summed E-state index contributed by atoms with van der Waals surface area (Å²) in [5.74, 6) is 0. The smallest absolute Gasteiger partial charge is 0.192 e. The van der Waals surface area contributed by atoms with Crippen LogP contribution < -0.4 is 0 Å². The quantitative estimate of drug-likeness (QED) is 0.786. The fourth-order valence-corrected chi connectivity index (χ4v) is 4.01. The van der Waals surface area contributed by atoms with Gasteiger partial charge in [0.15, 0.2) is 20.9 Å². The highest BCUT2D eigenvalue weighted by Gasteiger charge is 2.41. The molecule has 1 saturated heterocycles. The lowest BCUT2D eigenvalue weighted by atomic mass is 10.1. The molecule has 0 aromatic heterocycles. The van der Waals surface area contributed by atoms with Crippen LogP contribution in [0.25, 0.3) is 0 Å². The third kappa shape index (κ3) is 5.13. The van der Waals surface area contributed by atoms with Crippen LogP contribution in [0, 0.1) is 0 Å². The molecule has 0 amide bonds. The van der Waals surface area contributed by atoms with Gasteiger partial charge in [0.1, 0.15) is 0 Å². The van der Waals surface area contributed by atoms with Gasteiger partial charge in [-0.05, 0) is 30.6 Å².